The van der Waals surface area contributed by atoms with Gasteiger partial charge in [0.05, 0.1) is 24.9 Å². The van der Waals surface area contributed by atoms with Crippen molar-refractivity contribution in [2.24, 2.45) is 12.5 Å². The highest BCUT2D eigenvalue weighted by molar-refractivity contribution is 5.95. The number of likely N-dealkylation sites (tertiary alicyclic amines) is 1. The van der Waals surface area contributed by atoms with E-state index < -0.39 is 30.2 Å². The molecule has 2 atom stereocenters. The van der Waals surface area contributed by atoms with Crippen molar-refractivity contribution >= 4 is 11.9 Å². The molecule has 0 spiro atoms. The molecule has 14 heteroatoms. The van der Waals surface area contributed by atoms with Gasteiger partial charge in [0, 0.05) is 50.7 Å². The Morgan fingerprint density at radius 2 is 1.97 bits per heavy atom. The molecule has 2 aliphatic heterocycles. The van der Waals surface area contributed by atoms with Crippen LogP contribution in [-0.4, -0.2) is 75.2 Å². The molecule has 0 aliphatic carbocycles. The van der Waals surface area contributed by atoms with Gasteiger partial charge in [-0.15, -0.1) is 0 Å². The number of carboxylic acid groups (broad SMARTS) is 1. The molecule has 0 saturated carbocycles. The summed E-state index contributed by atoms with van der Waals surface area (Å²) < 4.78 is 71.8. The molecule has 4 rings (SSSR count). The van der Waals surface area contributed by atoms with Gasteiger partial charge in [-0.1, -0.05) is 0 Å². The number of hydrogen-bond acceptors (Lipinski definition) is 6. The average Bonchev–Trinajstić information content (AvgIpc) is 3.25. The fourth-order valence-corrected chi connectivity index (χ4v) is 4.53. The summed E-state index contributed by atoms with van der Waals surface area (Å²) in [7, 11) is 1.54. The number of halogens is 5. The maximum atomic E-state index is 13.3. The van der Waals surface area contributed by atoms with E-state index in [4.69, 9.17) is 19.4 Å². The maximum absolute atomic E-state index is 13.3. The molecular weight excluding hydrogens is 507 g/mol. The molecular formula is C23H27F5N4O5. The fourth-order valence-electron chi connectivity index (χ4n) is 4.53. The summed E-state index contributed by atoms with van der Waals surface area (Å²) in [6, 6.07) is 3.80. The summed E-state index contributed by atoms with van der Waals surface area (Å²) in [4.78, 5) is 27.7. The van der Waals surface area contributed by atoms with Crippen molar-refractivity contribution in [3.63, 3.8) is 0 Å². The van der Waals surface area contributed by atoms with Crippen LogP contribution in [0.1, 0.15) is 47.3 Å². The number of rotatable bonds is 6. The van der Waals surface area contributed by atoms with Crippen LogP contribution in [-0.2, 0) is 27.9 Å². The summed E-state index contributed by atoms with van der Waals surface area (Å²) in [5.74, 6) is -3.16. The molecule has 1 N–H and O–H groups in total. The highest BCUT2D eigenvalue weighted by atomic mass is 19.4. The Balaban J connectivity index is 0.000000479. The van der Waals surface area contributed by atoms with Gasteiger partial charge in [0.1, 0.15) is 5.69 Å². The van der Waals surface area contributed by atoms with E-state index in [1.165, 1.54) is 17.9 Å². The van der Waals surface area contributed by atoms with Crippen molar-refractivity contribution in [1.29, 1.82) is 0 Å². The largest absolute Gasteiger partial charge is 0.490 e. The van der Waals surface area contributed by atoms with E-state index in [-0.39, 0.29) is 17.1 Å². The van der Waals surface area contributed by atoms with Crippen molar-refractivity contribution in [2.45, 2.75) is 44.6 Å². The number of fused-ring (bicyclic) bond motifs is 1. The standard InChI is InChI=1S/C21H26F2N4O3.C2HF3O2/c1-26-11-16(18(25-26)19(22)23)20(28)27-9-5-17-21(13-27,6-2-10-30-17)14-29-12-15-3-7-24-8-4-15;3-2(4,5)1(6)7/h3-4,7-8,11,17,19H,2,5-6,9-10,12-14H2,1H3;(H,6,7). The topological polar surface area (TPSA) is 107 Å². The number of carbonyl (C=O) groups excluding carboxylic acids is 1. The molecule has 204 valence electrons. The van der Waals surface area contributed by atoms with Crippen LogP contribution in [0.5, 0.6) is 0 Å². The molecule has 4 heterocycles. The number of amides is 1. The van der Waals surface area contributed by atoms with E-state index in [0.29, 0.717) is 39.3 Å². The molecule has 0 aromatic carbocycles. The SMILES string of the molecule is Cn1cc(C(=O)N2CCC3OCCCC3(COCc3ccncc3)C2)c(C(F)F)n1.O=C(O)C(F)(F)F. The minimum absolute atomic E-state index is 0.00351. The average molecular weight is 534 g/mol. The predicted molar refractivity (Wildman–Crippen MR) is 118 cm³/mol. The third-order valence-electron chi connectivity index (χ3n) is 6.22. The third kappa shape index (κ3) is 7.22. The van der Waals surface area contributed by atoms with E-state index in [2.05, 4.69) is 10.1 Å². The maximum Gasteiger partial charge on any atom is 0.490 e. The van der Waals surface area contributed by atoms with Crippen molar-refractivity contribution in [3.05, 3.63) is 47.5 Å². The normalized spacial score (nSPS) is 21.7. The number of aryl methyl sites for hydroxylation is 1. The molecule has 2 aromatic rings. The van der Waals surface area contributed by atoms with E-state index in [0.717, 1.165) is 18.4 Å². The number of nitrogens with zero attached hydrogens (tertiary/aromatic N) is 4. The van der Waals surface area contributed by atoms with E-state index in [9.17, 15) is 26.7 Å². The van der Waals surface area contributed by atoms with Crippen LogP contribution in [0.15, 0.2) is 30.7 Å². The number of carboxylic acids is 1. The molecule has 9 nitrogen and oxygen atoms in total. The summed E-state index contributed by atoms with van der Waals surface area (Å²) >= 11 is 0. The summed E-state index contributed by atoms with van der Waals surface area (Å²) in [5, 5.41) is 10.9. The second-order valence-electron chi connectivity index (χ2n) is 8.89. The summed E-state index contributed by atoms with van der Waals surface area (Å²) in [6.07, 6.45) is -0.652. The lowest BCUT2D eigenvalue weighted by Crippen LogP contribution is -2.58. The number of alkyl halides is 5. The molecule has 2 unspecified atom stereocenters. The zero-order valence-corrected chi connectivity index (χ0v) is 20.0. The van der Waals surface area contributed by atoms with Gasteiger partial charge in [0.2, 0.25) is 0 Å². The van der Waals surface area contributed by atoms with Crippen LogP contribution >= 0.6 is 0 Å². The Morgan fingerprint density at radius 3 is 2.59 bits per heavy atom. The fraction of sp³-hybridized carbons (Fsp3) is 0.565. The lowest BCUT2D eigenvalue weighted by atomic mass is 9.73. The van der Waals surface area contributed by atoms with Gasteiger partial charge in [-0.2, -0.15) is 18.3 Å². The summed E-state index contributed by atoms with van der Waals surface area (Å²) in [6.45, 7) is 2.47. The van der Waals surface area contributed by atoms with E-state index in [1.807, 2.05) is 12.1 Å². The number of aromatic nitrogens is 3. The Morgan fingerprint density at radius 1 is 1.30 bits per heavy atom. The van der Waals surface area contributed by atoms with E-state index in [1.54, 1.807) is 17.3 Å². The molecule has 0 radical (unpaired) electrons. The van der Waals surface area contributed by atoms with E-state index >= 15 is 0 Å². The minimum Gasteiger partial charge on any atom is -0.475 e. The van der Waals surface area contributed by atoms with Gasteiger partial charge >= 0.3 is 12.1 Å². The number of pyridine rings is 1. The van der Waals surface area contributed by atoms with Crippen LogP contribution in [0.4, 0.5) is 22.0 Å². The zero-order chi connectivity index (χ0) is 27.2. The molecule has 2 aromatic heterocycles. The van der Waals surface area contributed by atoms with Crippen molar-refractivity contribution < 1.29 is 46.1 Å². The zero-order valence-electron chi connectivity index (χ0n) is 20.0. The van der Waals surface area contributed by atoms with Gasteiger partial charge in [-0.3, -0.25) is 14.5 Å². The molecule has 1 amide bonds. The molecule has 2 saturated heterocycles. The number of hydrogen-bond donors (Lipinski definition) is 1. The molecule has 2 aliphatic rings. The summed E-state index contributed by atoms with van der Waals surface area (Å²) in [5.41, 5.74) is 0.185. The van der Waals surface area contributed by atoms with Crippen molar-refractivity contribution in [3.8, 4) is 0 Å². The third-order valence-corrected chi connectivity index (χ3v) is 6.22. The highest BCUT2D eigenvalue weighted by Gasteiger charge is 2.47. The monoisotopic (exact) mass is 534 g/mol. The van der Waals surface area contributed by atoms with Crippen LogP contribution in [0.25, 0.3) is 0 Å². The smallest absolute Gasteiger partial charge is 0.475 e. The lowest BCUT2D eigenvalue weighted by molar-refractivity contribution is -0.192. The van der Waals surface area contributed by atoms with Crippen LogP contribution < -0.4 is 0 Å². The first-order chi connectivity index (χ1) is 17.4. The first-order valence-corrected chi connectivity index (χ1v) is 11.4. The number of piperidine rings is 1. The second kappa shape index (κ2) is 11.9. The minimum atomic E-state index is -5.08. The van der Waals surface area contributed by atoms with Gasteiger partial charge in [0.25, 0.3) is 12.3 Å². The Kier molecular flexibility index (Phi) is 9.18. The quantitative estimate of drug-likeness (QED) is 0.565. The van der Waals surface area contributed by atoms with Crippen molar-refractivity contribution in [2.75, 3.05) is 26.3 Å². The number of carbonyl (C=O) groups is 2. The predicted octanol–water partition coefficient (Wildman–Crippen LogP) is 3.61. The molecule has 0 bridgehead atoms. The highest BCUT2D eigenvalue weighted by Crippen LogP contribution is 2.41. The first-order valence-electron chi connectivity index (χ1n) is 11.4. The van der Waals surface area contributed by atoms with Crippen LogP contribution in [0.2, 0.25) is 0 Å². The van der Waals surface area contributed by atoms with Gasteiger partial charge in [0.15, 0.2) is 0 Å². The lowest BCUT2D eigenvalue weighted by Gasteiger charge is -2.50. The van der Waals surface area contributed by atoms with Crippen molar-refractivity contribution in [1.82, 2.24) is 19.7 Å². The molecule has 2 fully saturated rings. The van der Waals surface area contributed by atoms with Gasteiger partial charge in [-0.25, -0.2) is 13.6 Å². The van der Waals surface area contributed by atoms with Gasteiger partial charge in [-0.05, 0) is 37.0 Å². The first kappa shape index (κ1) is 28.4. The Labute approximate surface area is 209 Å². The molecule has 37 heavy (non-hydrogen) atoms. The van der Waals surface area contributed by atoms with Gasteiger partial charge < -0.3 is 19.5 Å². The second-order valence-corrected chi connectivity index (χ2v) is 8.89. The van der Waals surface area contributed by atoms with Crippen LogP contribution in [0, 0.1) is 5.41 Å². The van der Waals surface area contributed by atoms with Crippen LogP contribution in [0.3, 0.4) is 0 Å². The Bertz CT molecular complexity index is 1070. The Hall–Kier alpha value is -3.13. The number of aliphatic carboxylic acids is 1. The number of ether oxygens (including phenoxy) is 2.